The third-order valence-electron chi connectivity index (χ3n) is 3.49. The average Bonchev–Trinajstić information content (AvgIpc) is 2.62. The Labute approximate surface area is 145 Å². The van der Waals surface area contributed by atoms with Gasteiger partial charge in [-0.15, -0.1) is 0 Å². The van der Waals surface area contributed by atoms with Crippen LogP contribution in [-0.2, 0) is 11.2 Å². The minimum atomic E-state index is -0.115. The van der Waals surface area contributed by atoms with Crippen LogP contribution in [0, 0.1) is 11.3 Å². The van der Waals surface area contributed by atoms with Crippen molar-refractivity contribution in [1.29, 1.82) is 5.26 Å². The number of nitrogens with one attached hydrogen (secondary N) is 1. The minimum Gasteiger partial charge on any atom is -0.492 e. The molecule has 1 aromatic carbocycles. The number of nitrogens with zero attached hydrogens (tertiary/aromatic N) is 1. The van der Waals surface area contributed by atoms with Gasteiger partial charge in [0.25, 0.3) is 0 Å². The van der Waals surface area contributed by atoms with Crippen molar-refractivity contribution >= 4 is 5.69 Å². The second-order valence-electron chi connectivity index (χ2n) is 5.59. The van der Waals surface area contributed by atoms with Crippen LogP contribution in [0.3, 0.4) is 0 Å². The molecule has 0 saturated heterocycles. The number of hydrogen-bond donors (Lipinski definition) is 2. The summed E-state index contributed by atoms with van der Waals surface area (Å²) in [6, 6.07) is 10.1. The van der Waals surface area contributed by atoms with Gasteiger partial charge < -0.3 is 15.8 Å². The van der Waals surface area contributed by atoms with Gasteiger partial charge in [-0.2, -0.15) is 5.26 Å². The molecule has 4 heteroatoms. The number of nitrogens with two attached hydrogens (primary N) is 1. The molecule has 128 valence electrons. The van der Waals surface area contributed by atoms with Crippen LogP contribution in [0.4, 0.5) is 5.69 Å². The number of nitriles is 1. The Morgan fingerprint density at radius 3 is 2.71 bits per heavy atom. The Morgan fingerprint density at radius 1 is 1.42 bits per heavy atom. The number of anilines is 1. The number of ether oxygens (including phenoxy) is 1. The first-order valence-electron chi connectivity index (χ1n) is 8.14. The summed E-state index contributed by atoms with van der Waals surface area (Å²) in [4.78, 5) is 0. The van der Waals surface area contributed by atoms with Crippen LogP contribution in [0.15, 0.2) is 60.4 Å². The lowest BCUT2D eigenvalue weighted by molar-refractivity contribution is 0.207. The molecule has 3 N–H and O–H groups in total. The zero-order valence-electron chi connectivity index (χ0n) is 14.6. The van der Waals surface area contributed by atoms with Crippen molar-refractivity contribution < 1.29 is 4.74 Å². The summed E-state index contributed by atoms with van der Waals surface area (Å²) in [5, 5.41) is 11.9. The molecule has 0 heterocycles. The first kappa shape index (κ1) is 19.5. The molecule has 0 aliphatic heterocycles. The first-order chi connectivity index (χ1) is 11.6. The lowest BCUT2D eigenvalue weighted by atomic mass is 10.1. The molecular weight excluding hydrogens is 298 g/mol. The van der Waals surface area contributed by atoms with Crippen molar-refractivity contribution in [2.75, 3.05) is 18.5 Å². The lowest BCUT2D eigenvalue weighted by Gasteiger charge is -2.15. The summed E-state index contributed by atoms with van der Waals surface area (Å²) in [5.41, 5.74) is 9.32. The average molecular weight is 325 g/mol. The van der Waals surface area contributed by atoms with Crippen LogP contribution in [0.1, 0.15) is 25.8 Å². The number of rotatable bonds is 10. The summed E-state index contributed by atoms with van der Waals surface area (Å²) in [7, 11) is 0. The van der Waals surface area contributed by atoms with Crippen LogP contribution < -0.4 is 11.1 Å². The molecular formula is C20H27N3O. The molecule has 0 bridgehead atoms. The zero-order valence-corrected chi connectivity index (χ0v) is 14.6. The van der Waals surface area contributed by atoms with Crippen molar-refractivity contribution in [1.82, 2.24) is 0 Å². The van der Waals surface area contributed by atoms with Crippen molar-refractivity contribution in [3.05, 3.63) is 66.0 Å². The van der Waals surface area contributed by atoms with Crippen molar-refractivity contribution in [2.45, 2.75) is 32.7 Å². The van der Waals surface area contributed by atoms with E-state index in [-0.39, 0.29) is 6.04 Å². The Hall–Kier alpha value is -2.51. The standard InChI is InChI=1S/C20H27N3O/c1-4-16(3)13-20(5-2)24-15-18(22)14-23-19-10-8-17(9-11-19)7-6-12-21/h4-5,8-11,13,18,23H,1,6-7,14-15,22H2,2-3H3/b16-13-,20-5+. The van der Waals surface area contributed by atoms with Gasteiger partial charge in [0.1, 0.15) is 12.4 Å². The number of allylic oxidation sites excluding steroid dienone is 4. The quantitative estimate of drug-likeness (QED) is 0.505. The van der Waals surface area contributed by atoms with Gasteiger partial charge in [0.05, 0.1) is 12.1 Å². The van der Waals surface area contributed by atoms with E-state index in [9.17, 15) is 0 Å². The number of benzene rings is 1. The number of hydrogen-bond acceptors (Lipinski definition) is 4. The molecule has 0 aromatic heterocycles. The normalized spacial score (nSPS) is 13.1. The van der Waals surface area contributed by atoms with E-state index in [0.717, 1.165) is 29.0 Å². The molecule has 1 aromatic rings. The second kappa shape index (κ2) is 11.1. The van der Waals surface area contributed by atoms with Gasteiger partial charge in [-0.1, -0.05) is 24.8 Å². The Kier molecular flexibility index (Phi) is 9.03. The predicted octanol–water partition coefficient (Wildman–Crippen LogP) is 3.93. The van der Waals surface area contributed by atoms with Crippen molar-refractivity contribution in [3.63, 3.8) is 0 Å². The van der Waals surface area contributed by atoms with Crippen LogP contribution in [0.25, 0.3) is 0 Å². The Balaban J connectivity index is 2.39. The fourth-order valence-electron chi connectivity index (χ4n) is 1.99. The molecule has 0 saturated carbocycles. The number of aryl methyl sites for hydroxylation is 1. The van der Waals surface area contributed by atoms with E-state index in [2.05, 4.69) is 18.0 Å². The minimum absolute atomic E-state index is 0.115. The molecule has 0 spiro atoms. The van der Waals surface area contributed by atoms with Crippen molar-refractivity contribution in [3.8, 4) is 6.07 Å². The summed E-state index contributed by atoms with van der Waals surface area (Å²) >= 11 is 0. The maximum absolute atomic E-state index is 8.60. The summed E-state index contributed by atoms with van der Waals surface area (Å²) in [6.07, 6.45) is 6.96. The van der Waals surface area contributed by atoms with E-state index < -0.39 is 0 Å². The van der Waals surface area contributed by atoms with Crippen LogP contribution in [0.5, 0.6) is 0 Å². The van der Waals surface area contributed by atoms with Gasteiger partial charge in [0.2, 0.25) is 0 Å². The Morgan fingerprint density at radius 2 is 2.12 bits per heavy atom. The molecule has 0 amide bonds. The second-order valence-corrected chi connectivity index (χ2v) is 5.59. The molecule has 1 atom stereocenters. The highest BCUT2D eigenvalue weighted by atomic mass is 16.5. The van der Waals surface area contributed by atoms with E-state index in [4.69, 9.17) is 15.7 Å². The third kappa shape index (κ3) is 7.66. The first-order valence-corrected chi connectivity index (χ1v) is 8.14. The smallest absolute Gasteiger partial charge is 0.115 e. The summed E-state index contributed by atoms with van der Waals surface area (Å²) in [5.74, 6) is 0.796. The molecule has 0 aliphatic rings. The summed E-state index contributed by atoms with van der Waals surface area (Å²) in [6.45, 7) is 8.69. The fourth-order valence-corrected chi connectivity index (χ4v) is 1.99. The fraction of sp³-hybridized carbons (Fsp3) is 0.350. The molecule has 0 radical (unpaired) electrons. The van der Waals surface area contributed by atoms with E-state index >= 15 is 0 Å². The van der Waals surface area contributed by atoms with E-state index in [1.165, 1.54) is 0 Å². The van der Waals surface area contributed by atoms with Crippen LogP contribution in [-0.4, -0.2) is 19.2 Å². The van der Waals surface area contributed by atoms with Gasteiger partial charge in [-0.3, -0.25) is 0 Å². The van der Waals surface area contributed by atoms with Crippen molar-refractivity contribution in [2.24, 2.45) is 5.73 Å². The molecule has 0 fully saturated rings. The topological polar surface area (TPSA) is 71.1 Å². The van der Waals surface area contributed by atoms with Crippen LogP contribution in [0.2, 0.25) is 0 Å². The van der Waals surface area contributed by atoms with Gasteiger partial charge in [0, 0.05) is 18.7 Å². The van der Waals surface area contributed by atoms with Crippen LogP contribution >= 0.6 is 0 Å². The van der Waals surface area contributed by atoms with E-state index in [1.807, 2.05) is 50.3 Å². The highest BCUT2D eigenvalue weighted by molar-refractivity contribution is 5.44. The molecule has 1 rings (SSSR count). The largest absolute Gasteiger partial charge is 0.492 e. The van der Waals surface area contributed by atoms with E-state index in [1.54, 1.807) is 6.08 Å². The van der Waals surface area contributed by atoms with Gasteiger partial charge in [-0.05, 0) is 55.7 Å². The maximum Gasteiger partial charge on any atom is 0.115 e. The zero-order chi connectivity index (χ0) is 17.8. The summed E-state index contributed by atoms with van der Waals surface area (Å²) < 4.78 is 5.72. The lowest BCUT2D eigenvalue weighted by Crippen LogP contribution is -2.33. The third-order valence-corrected chi connectivity index (χ3v) is 3.49. The Bertz CT molecular complexity index is 609. The molecule has 24 heavy (non-hydrogen) atoms. The van der Waals surface area contributed by atoms with E-state index in [0.29, 0.717) is 19.6 Å². The molecule has 1 unspecified atom stereocenters. The monoisotopic (exact) mass is 325 g/mol. The SMILES string of the molecule is C=C/C(C)=C\C(=C/C)OCC(N)CNc1ccc(CCC#N)cc1. The van der Waals surface area contributed by atoms with Gasteiger partial charge >= 0.3 is 0 Å². The maximum atomic E-state index is 8.60. The predicted molar refractivity (Wildman–Crippen MR) is 101 cm³/mol. The van der Waals surface area contributed by atoms with Gasteiger partial charge in [-0.25, -0.2) is 0 Å². The molecule has 0 aliphatic carbocycles. The van der Waals surface area contributed by atoms with Gasteiger partial charge in [0.15, 0.2) is 0 Å². The molecule has 4 nitrogen and oxygen atoms in total. The highest BCUT2D eigenvalue weighted by Gasteiger charge is 2.04. The highest BCUT2D eigenvalue weighted by Crippen LogP contribution is 2.11.